The van der Waals surface area contributed by atoms with Gasteiger partial charge in [0.1, 0.15) is 23.0 Å². The predicted molar refractivity (Wildman–Crippen MR) is 62.6 cm³/mol. The summed E-state index contributed by atoms with van der Waals surface area (Å²) in [4.78, 5) is 23.8. The highest BCUT2D eigenvalue weighted by Gasteiger charge is 2.31. The number of likely N-dealkylation sites (tertiary alicyclic amines) is 1. The van der Waals surface area contributed by atoms with E-state index in [1.165, 1.54) is 4.90 Å². The first kappa shape index (κ1) is 14.4. The largest absolute Gasteiger partial charge is 0.481 e. The van der Waals surface area contributed by atoms with Gasteiger partial charge in [0.2, 0.25) is 0 Å². The number of aliphatic carboxylic acids is 1. The number of nitrogens with zero attached hydrogens (tertiary/aromatic N) is 1. The lowest BCUT2D eigenvalue weighted by Crippen LogP contribution is -2.30. The first-order valence-electron chi connectivity index (χ1n) is 6.04. The molecular weight excluding hydrogens is 275 g/mol. The van der Waals surface area contributed by atoms with E-state index < -0.39 is 34.9 Å². The summed E-state index contributed by atoms with van der Waals surface area (Å²) in [6, 6.07) is 0.891. The van der Waals surface area contributed by atoms with Crippen LogP contribution in [0.4, 0.5) is 13.2 Å². The summed E-state index contributed by atoms with van der Waals surface area (Å²) in [5.41, 5.74) is -0.803. The standard InChI is InChI=1S/C13H12F3NO3/c14-8-4-9(15)12(10(16)5-8)13(20)17-2-1-7(6-17)3-11(18)19/h4-5,7H,1-3,6H2,(H,18,19). The second-order valence-corrected chi connectivity index (χ2v) is 4.75. The van der Waals surface area contributed by atoms with E-state index in [9.17, 15) is 22.8 Å². The van der Waals surface area contributed by atoms with Crippen LogP contribution in [0.5, 0.6) is 0 Å². The first-order valence-corrected chi connectivity index (χ1v) is 6.04. The van der Waals surface area contributed by atoms with Crippen molar-refractivity contribution >= 4 is 11.9 Å². The van der Waals surface area contributed by atoms with Gasteiger partial charge in [-0.1, -0.05) is 0 Å². The Morgan fingerprint density at radius 3 is 2.40 bits per heavy atom. The van der Waals surface area contributed by atoms with Gasteiger partial charge in [0.05, 0.1) is 0 Å². The van der Waals surface area contributed by atoms with Crippen molar-refractivity contribution in [2.45, 2.75) is 12.8 Å². The molecule has 1 amide bonds. The summed E-state index contributed by atoms with van der Waals surface area (Å²) in [6.45, 7) is 0.356. The summed E-state index contributed by atoms with van der Waals surface area (Å²) in [5, 5.41) is 8.67. The first-order chi connectivity index (χ1) is 9.38. The summed E-state index contributed by atoms with van der Waals surface area (Å²) in [5.74, 6) is -5.70. The number of carbonyl (C=O) groups is 2. The number of carboxylic acid groups (broad SMARTS) is 1. The van der Waals surface area contributed by atoms with Crippen molar-refractivity contribution in [2.75, 3.05) is 13.1 Å². The lowest BCUT2D eigenvalue weighted by molar-refractivity contribution is -0.138. The van der Waals surface area contributed by atoms with Gasteiger partial charge in [-0.3, -0.25) is 9.59 Å². The van der Waals surface area contributed by atoms with Crippen LogP contribution in [0.3, 0.4) is 0 Å². The summed E-state index contributed by atoms with van der Waals surface area (Å²) in [6.07, 6.45) is 0.362. The molecule has 0 spiro atoms. The van der Waals surface area contributed by atoms with Gasteiger partial charge in [0.15, 0.2) is 0 Å². The highest BCUT2D eigenvalue weighted by molar-refractivity contribution is 5.95. The lowest BCUT2D eigenvalue weighted by Gasteiger charge is -2.17. The van der Waals surface area contributed by atoms with Crippen LogP contribution in [0.15, 0.2) is 12.1 Å². The van der Waals surface area contributed by atoms with Crippen molar-refractivity contribution in [1.82, 2.24) is 4.90 Å². The maximum absolute atomic E-state index is 13.5. The third-order valence-electron chi connectivity index (χ3n) is 3.26. The minimum atomic E-state index is -1.26. The van der Waals surface area contributed by atoms with E-state index in [2.05, 4.69) is 0 Å². The fourth-order valence-corrected chi connectivity index (χ4v) is 2.34. The Labute approximate surface area is 112 Å². The normalized spacial score (nSPS) is 18.4. The molecule has 1 aliphatic heterocycles. The van der Waals surface area contributed by atoms with Gasteiger partial charge in [0, 0.05) is 31.6 Å². The Morgan fingerprint density at radius 1 is 1.25 bits per heavy atom. The molecule has 108 valence electrons. The van der Waals surface area contributed by atoms with Gasteiger partial charge < -0.3 is 10.0 Å². The van der Waals surface area contributed by atoms with E-state index in [1.807, 2.05) is 0 Å². The Kier molecular flexibility index (Phi) is 3.96. The molecule has 2 rings (SSSR count). The molecule has 1 unspecified atom stereocenters. The fourth-order valence-electron chi connectivity index (χ4n) is 2.34. The molecule has 0 aromatic heterocycles. The SMILES string of the molecule is O=C(O)CC1CCN(C(=O)c2c(F)cc(F)cc2F)C1. The highest BCUT2D eigenvalue weighted by atomic mass is 19.1. The molecule has 7 heteroatoms. The molecule has 1 aromatic carbocycles. The zero-order chi connectivity index (χ0) is 14.9. The minimum absolute atomic E-state index is 0.0990. The smallest absolute Gasteiger partial charge is 0.303 e. The molecule has 1 atom stereocenters. The quantitative estimate of drug-likeness (QED) is 0.925. The monoisotopic (exact) mass is 287 g/mol. The van der Waals surface area contributed by atoms with Crippen LogP contribution in [0.1, 0.15) is 23.2 Å². The minimum Gasteiger partial charge on any atom is -0.481 e. The lowest BCUT2D eigenvalue weighted by atomic mass is 10.1. The number of carbonyl (C=O) groups excluding carboxylic acids is 1. The number of benzene rings is 1. The molecular formula is C13H12F3NO3. The molecule has 1 aliphatic rings. The Morgan fingerprint density at radius 2 is 1.85 bits per heavy atom. The Balaban J connectivity index is 2.15. The van der Waals surface area contributed by atoms with Gasteiger partial charge in [-0.25, -0.2) is 13.2 Å². The van der Waals surface area contributed by atoms with Crippen LogP contribution in [0, 0.1) is 23.4 Å². The van der Waals surface area contributed by atoms with Crippen LogP contribution >= 0.6 is 0 Å². The zero-order valence-electron chi connectivity index (χ0n) is 10.4. The maximum atomic E-state index is 13.5. The molecule has 1 saturated heterocycles. The number of halogens is 3. The van der Waals surface area contributed by atoms with Gasteiger partial charge in [-0.05, 0) is 12.3 Å². The molecule has 1 aromatic rings. The molecule has 20 heavy (non-hydrogen) atoms. The van der Waals surface area contributed by atoms with Crippen LogP contribution in [0.2, 0.25) is 0 Å². The van der Waals surface area contributed by atoms with Crippen LogP contribution in [0.25, 0.3) is 0 Å². The molecule has 1 heterocycles. The van der Waals surface area contributed by atoms with E-state index in [1.54, 1.807) is 0 Å². The van der Waals surface area contributed by atoms with E-state index in [4.69, 9.17) is 5.11 Å². The molecule has 0 saturated carbocycles. The Hall–Kier alpha value is -2.05. The fraction of sp³-hybridized carbons (Fsp3) is 0.385. The number of rotatable bonds is 3. The molecule has 1 fully saturated rings. The summed E-state index contributed by atoms with van der Waals surface area (Å²) < 4.78 is 39.8. The van der Waals surface area contributed by atoms with Crippen LogP contribution in [-0.4, -0.2) is 35.0 Å². The third-order valence-corrected chi connectivity index (χ3v) is 3.26. The topological polar surface area (TPSA) is 57.6 Å². The Bertz CT molecular complexity index is 539. The second kappa shape index (κ2) is 5.52. The molecule has 0 radical (unpaired) electrons. The average molecular weight is 287 g/mol. The van der Waals surface area contributed by atoms with E-state index >= 15 is 0 Å². The van der Waals surface area contributed by atoms with E-state index in [0.29, 0.717) is 18.6 Å². The zero-order valence-corrected chi connectivity index (χ0v) is 10.4. The van der Waals surface area contributed by atoms with Crippen molar-refractivity contribution in [3.05, 3.63) is 35.1 Å². The van der Waals surface area contributed by atoms with Crippen molar-refractivity contribution in [3.63, 3.8) is 0 Å². The maximum Gasteiger partial charge on any atom is 0.303 e. The van der Waals surface area contributed by atoms with Gasteiger partial charge >= 0.3 is 5.97 Å². The number of carboxylic acids is 1. The molecule has 1 N–H and O–H groups in total. The molecule has 0 aliphatic carbocycles. The van der Waals surface area contributed by atoms with Crippen molar-refractivity contribution in [3.8, 4) is 0 Å². The second-order valence-electron chi connectivity index (χ2n) is 4.75. The molecule has 4 nitrogen and oxygen atoms in total. The van der Waals surface area contributed by atoms with E-state index in [0.717, 1.165) is 0 Å². The average Bonchev–Trinajstić information content (AvgIpc) is 2.74. The van der Waals surface area contributed by atoms with Crippen LogP contribution in [-0.2, 0) is 4.79 Å². The predicted octanol–water partition coefficient (Wildman–Crippen LogP) is 2.04. The van der Waals surface area contributed by atoms with Crippen molar-refractivity contribution in [2.24, 2.45) is 5.92 Å². The van der Waals surface area contributed by atoms with E-state index in [-0.39, 0.29) is 25.4 Å². The molecule has 0 bridgehead atoms. The third kappa shape index (κ3) is 2.92. The van der Waals surface area contributed by atoms with Gasteiger partial charge in [-0.2, -0.15) is 0 Å². The number of amides is 1. The van der Waals surface area contributed by atoms with Crippen molar-refractivity contribution < 1.29 is 27.9 Å². The highest BCUT2D eigenvalue weighted by Crippen LogP contribution is 2.24. The van der Waals surface area contributed by atoms with Crippen molar-refractivity contribution in [1.29, 1.82) is 0 Å². The number of hydrogen-bond donors (Lipinski definition) is 1. The summed E-state index contributed by atoms with van der Waals surface area (Å²) in [7, 11) is 0. The van der Waals surface area contributed by atoms with Gasteiger partial charge in [-0.15, -0.1) is 0 Å². The van der Waals surface area contributed by atoms with Gasteiger partial charge in [0.25, 0.3) is 5.91 Å². The summed E-state index contributed by atoms with van der Waals surface area (Å²) >= 11 is 0. The van der Waals surface area contributed by atoms with Crippen LogP contribution < -0.4 is 0 Å². The number of hydrogen-bond acceptors (Lipinski definition) is 2.